The summed E-state index contributed by atoms with van der Waals surface area (Å²) < 4.78 is 18.6. The standard InChI is InChI=1S/C11H14FNO/c1-14-10-5-2-7-6-8(13)3-4-9(7)11(10)12/h2,5,8H,3-4,6,13H2,1H3/t8-/m0/s1. The quantitative estimate of drug-likeness (QED) is 0.739. The largest absolute Gasteiger partial charge is 0.494 e. The molecule has 1 aliphatic rings. The first-order valence-electron chi connectivity index (χ1n) is 4.82. The summed E-state index contributed by atoms with van der Waals surface area (Å²) in [5.74, 6) is 0.121. The zero-order valence-electron chi connectivity index (χ0n) is 8.22. The monoisotopic (exact) mass is 195 g/mol. The third-order valence-corrected chi connectivity index (χ3v) is 2.77. The van der Waals surface area contributed by atoms with Crippen LogP contribution in [0.15, 0.2) is 12.1 Å². The van der Waals surface area contributed by atoms with Gasteiger partial charge in [-0.25, -0.2) is 4.39 Å². The second kappa shape index (κ2) is 3.58. The molecular weight excluding hydrogens is 181 g/mol. The van der Waals surface area contributed by atoms with Crippen LogP contribution in [-0.4, -0.2) is 13.2 Å². The van der Waals surface area contributed by atoms with Crippen molar-refractivity contribution in [2.24, 2.45) is 5.73 Å². The van der Waals surface area contributed by atoms with Crippen LogP contribution in [0.3, 0.4) is 0 Å². The minimum Gasteiger partial charge on any atom is -0.494 e. The lowest BCUT2D eigenvalue weighted by atomic mass is 9.88. The number of halogens is 1. The summed E-state index contributed by atoms with van der Waals surface area (Å²) in [6.07, 6.45) is 2.35. The molecule has 76 valence electrons. The lowest BCUT2D eigenvalue weighted by Gasteiger charge is -2.22. The molecule has 2 rings (SSSR count). The first-order valence-corrected chi connectivity index (χ1v) is 4.82. The van der Waals surface area contributed by atoms with Gasteiger partial charge in [-0.3, -0.25) is 0 Å². The fourth-order valence-electron chi connectivity index (χ4n) is 1.97. The van der Waals surface area contributed by atoms with Gasteiger partial charge >= 0.3 is 0 Å². The molecule has 1 aliphatic carbocycles. The maximum atomic E-state index is 13.7. The van der Waals surface area contributed by atoms with Crippen molar-refractivity contribution in [2.45, 2.75) is 25.3 Å². The molecular formula is C11H14FNO. The van der Waals surface area contributed by atoms with Crippen molar-refractivity contribution in [3.63, 3.8) is 0 Å². The summed E-state index contributed by atoms with van der Waals surface area (Å²) in [5.41, 5.74) is 7.63. The highest BCUT2D eigenvalue weighted by molar-refractivity contribution is 5.39. The molecule has 0 saturated carbocycles. The van der Waals surface area contributed by atoms with Gasteiger partial charge in [-0.05, 0) is 36.5 Å². The molecule has 1 aromatic rings. The van der Waals surface area contributed by atoms with Crippen molar-refractivity contribution in [1.29, 1.82) is 0 Å². The Morgan fingerprint density at radius 1 is 1.50 bits per heavy atom. The predicted octanol–water partition coefficient (Wildman–Crippen LogP) is 1.65. The summed E-state index contributed by atoms with van der Waals surface area (Å²) in [6, 6.07) is 3.76. The smallest absolute Gasteiger partial charge is 0.168 e. The first kappa shape index (κ1) is 9.46. The molecule has 0 fully saturated rings. The highest BCUT2D eigenvalue weighted by Crippen LogP contribution is 2.28. The van der Waals surface area contributed by atoms with Crippen LogP contribution in [0.2, 0.25) is 0 Å². The van der Waals surface area contributed by atoms with Crippen LogP contribution in [0.1, 0.15) is 17.5 Å². The lowest BCUT2D eigenvalue weighted by molar-refractivity contribution is 0.381. The Morgan fingerprint density at radius 2 is 2.29 bits per heavy atom. The van der Waals surface area contributed by atoms with E-state index in [4.69, 9.17) is 10.5 Å². The highest BCUT2D eigenvalue weighted by Gasteiger charge is 2.20. The molecule has 0 heterocycles. The minimum atomic E-state index is -0.211. The third kappa shape index (κ3) is 1.48. The zero-order chi connectivity index (χ0) is 10.1. The van der Waals surface area contributed by atoms with Gasteiger partial charge in [0.15, 0.2) is 11.6 Å². The Morgan fingerprint density at radius 3 is 3.00 bits per heavy atom. The number of methoxy groups -OCH3 is 1. The third-order valence-electron chi connectivity index (χ3n) is 2.77. The Hall–Kier alpha value is -1.09. The molecule has 2 N–H and O–H groups in total. The van der Waals surface area contributed by atoms with Crippen LogP contribution in [-0.2, 0) is 12.8 Å². The summed E-state index contributed by atoms with van der Waals surface area (Å²) in [4.78, 5) is 0. The molecule has 3 heteroatoms. The second-order valence-electron chi connectivity index (χ2n) is 3.72. The number of ether oxygens (including phenoxy) is 1. The van der Waals surface area contributed by atoms with Gasteiger partial charge in [-0.2, -0.15) is 0 Å². The van der Waals surface area contributed by atoms with E-state index in [0.717, 1.165) is 30.4 Å². The van der Waals surface area contributed by atoms with Gasteiger partial charge in [0.25, 0.3) is 0 Å². The summed E-state index contributed by atoms with van der Waals surface area (Å²) in [6.45, 7) is 0. The number of hydrogen-bond donors (Lipinski definition) is 1. The van der Waals surface area contributed by atoms with E-state index >= 15 is 0 Å². The minimum absolute atomic E-state index is 0.176. The molecule has 1 atom stereocenters. The molecule has 14 heavy (non-hydrogen) atoms. The Bertz CT molecular complexity index is 351. The van der Waals surface area contributed by atoms with Gasteiger partial charge in [0.2, 0.25) is 0 Å². The fourth-order valence-corrected chi connectivity index (χ4v) is 1.97. The number of hydrogen-bond acceptors (Lipinski definition) is 2. The Balaban J connectivity index is 2.43. The number of nitrogens with two attached hydrogens (primary N) is 1. The topological polar surface area (TPSA) is 35.2 Å². The lowest BCUT2D eigenvalue weighted by Crippen LogP contribution is -2.28. The van der Waals surface area contributed by atoms with Crippen molar-refractivity contribution in [2.75, 3.05) is 7.11 Å². The summed E-state index contributed by atoms with van der Waals surface area (Å²) in [5, 5.41) is 0. The highest BCUT2D eigenvalue weighted by atomic mass is 19.1. The van der Waals surface area contributed by atoms with E-state index in [2.05, 4.69) is 0 Å². The van der Waals surface area contributed by atoms with Crippen molar-refractivity contribution in [1.82, 2.24) is 0 Å². The van der Waals surface area contributed by atoms with Crippen LogP contribution < -0.4 is 10.5 Å². The summed E-state index contributed by atoms with van der Waals surface area (Å²) in [7, 11) is 1.49. The van der Waals surface area contributed by atoms with Gasteiger partial charge in [-0.15, -0.1) is 0 Å². The average Bonchev–Trinajstić information content (AvgIpc) is 2.18. The first-order chi connectivity index (χ1) is 6.72. The van der Waals surface area contributed by atoms with Crippen LogP contribution >= 0.6 is 0 Å². The van der Waals surface area contributed by atoms with Crippen LogP contribution in [0.4, 0.5) is 4.39 Å². The molecule has 0 radical (unpaired) electrons. The van der Waals surface area contributed by atoms with Gasteiger partial charge < -0.3 is 10.5 Å². The molecule has 0 spiro atoms. The van der Waals surface area contributed by atoms with Crippen molar-refractivity contribution < 1.29 is 9.13 Å². The van der Waals surface area contributed by atoms with Gasteiger partial charge in [0.05, 0.1) is 7.11 Å². The SMILES string of the molecule is COc1ccc2c(c1F)CC[C@H](N)C2. The molecule has 0 aliphatic heterocycles. The van der Waals surface area contributed by atoms with Gasteiger partial charge in [0, 0.05) is 6.04 Å². The zero-order valence-corrected chi connectivity index (χ0v) is 8.22. The van der Waals surface area contributed by atoms with E-state index in [1.807, 2.05) is 6.07 Å². The Kier molecular flexibility index (Phi) is 2.42. The number of benzene rings is 1. The van der Waals surface area contributed by atoms with Crippen LogP contribution in [0.5, 0.6) is 5.75 Å². The summed E-state index contributed by atoms with van der Waals surface area (Å²) >= 11 is 0. The second-order valence-corrected chi connectivity index (χ2v) is 3.72. The van der Waals surface area contributed by atoms with Gasteiger partial charge in [0.1, 0.15) is 0 Å². The average molecular weight is 195 g/mol. The molecule has 1 aromatic carbocycles. The van der Waals surface area contributed by atoms with E-state index < -0.39 is 0 Å². The van der Waals surface area contributed by atoms with E-state index in [9.17, 15) is 4.39 Å². The predicted molar refractivity (Wildman–Crippen MR) is 53.0 cm³/mol. The van der Waals surface area contributed by atoms with Crippen LogP contribution in [0.25, 0.3) is 0 Å². The maximum absolute atomic E-state index is 13.7. The molecule has 2 nitrogen and oxygen atoms in total. The molecule has 0 amide bonds. The van der Waals surface area contributed by atoms with Crippen molar-refractivity contribution >= 4 is 0 Å². The molecule has 0 saturated heterocycles. The Labute approximate surface area is 82.9 Å². The van der Waals surface area contributed by atoms with E-state index in [1.165, 1.54) is 7.11 Å². The van der Waals surface area contributed by atoms with Crippen molar-refractivity contribution in [3.05, 3.63) is 29.1 Å². The van der Waals surface area contributed by atoms with Crippen LogP contribution in [0, 0.1) is 5.82 Å². The fraction of sp³-hybridized carbons (Fsp3) is 0.455. The number of fused-ring (bicyclic) bond motifs is 1. The van der Waals surface area contributed by atoms with Gasteiger partial charge in [-0.1, -0.05) is 6.07 Å². The molecule has 0 bridgehead atoms. The van der Waals surface area contributed by atoms with E-state index in [0.29, 0.717) is 5.75 Å². The number of rotatable bonds is 1. The molecule has 0 unspecified atom stereocenters. The molecule has 0 aromatic heterocycles. The normalized spacial score (nSPS) is 20.4. The maximum Gasteiger partial charge on any atom is 0.168 e. The van der Waals surface area contributed by atoms with Crippen molar-refractivity contribution in [3.8, 4) is 5.75 Å². The van der Waals surface area contributed by atoms with E-state index in [1.54, 1.807) is 6.07 Å². The van der Waals surface area contributed by atoms with E-state index in [-0.39, 0.29) is 11.9 Å².